The molecule has 2 heterocycles. The SMILES string of the molecule is CCCCN1C(=O)C(=O)N(CC(=O)Nc2ccc(N3CCOCC3)cc2)C1=O. The standard InChI is InChI=1S/C19H24N4O5/c1-2-3-8-22-17(25)18(26)23(19(22)27)13-16(24)20-14-4-6-15(7-5-14)21-9-11-28-12-10-21/h4-7H,2-3,8-13H2,1H3,(H,20,24). The number of morpholine rings is 1. The van der Waals surface area contributed by atoms with Crippen LogP contribution >= 0.6 is 0 Å². The third-order valence-electron chi connectivity index (χ3n) is 4.70. The second-order valence-electron chi connectivity index (χ2n) is 6.68. The van der Waals surface area contributed by atoms with Crippen LogP contribution in [-0.4, -0.2) is 72.9 Å². The van der Waals surface area contributed by atoms with Gasteiger partial charge in [-0.2, -0.15) is 0 Å². The minimum atomic E-state index is -0.959. The third kappa shape index (κ3) is 4.30. The number of nitrogens with one attached hydrogen (secondary N) is 1. The highest BCUT2D eigenvalue weighted by molar-refractivity contribution is 6.45. The van der Waals surface area contributed by atoms with Crippen LogP contribution in [0.4, 0.5) is 16.2 Å². The van der Waals surface area contributed by atoms with Crippen LogP contribution in [0.15, 0.2) is 24.3 Å². The molecule has 2 fully saturated rings. The average Bonchev–Trinajstić information content (AvgIpc) is 2.91. The molecule has 1 N–H and O–H groups in total. The van der Waals surface area contributed by atoms with Crippen LogP contribution in [0.5, 0.6) is 0 Å². The van der Waals surface area contributed by atoms with Crippen molar-refractivity contribution in [2.24, 2.45) is 0 Å². The molecule has 0 spiro atoms. The zero-order chi connectivity index (χ0) is 20.1. The molecular weight excluding hydrogens is 364 g/mol. The van der Waals surface area contributed by atoms with Gasteiger partial charge >= 0.3 is 17.8 Å². The van der Waals surface area contributed by atoms with Crippen molar-refractivity contribution in [3.05, 3.63) is 24.3 Å². The number of hydrogen-bond donors (Lipinski definition) is 1. The van der Waals surface area contributed by atoms with Gasteiger partial charge in [-0.3, -0.25) is 19.3 Å². The maximum absolute atomic E-state index is 12.3. The van der Waals surface area contributed by atoms with Crippen molar-refractivity contribution in [3.63, 3.8) is 0 Å². The van der Waals surface area contributed by atoms with Crippen LogP contribution in [0.2, 0.25) is 0 Å². The van der Waals surface area contributed by atoms with Gasteiger partial charge in [0.1, 0.15) is 6.54 Å². The fraction of sp³-hybridized carbons (Fsp3) is 0.474. The lowest BCUT2D eigenvalue weighted by molar-refractivity contribution is -0.143. The molecule has 9 nitrogen and oxygen atoms in total. The lowest BCUT2D eigenvalue weighted by Gasteiger charge is -2.28. The van der Waals surface area contributed by atoms with E-state index >= 15 is 0 Å². The second kappa shape index (κ2) is 8.83. The summed E-state index contributed by atoms with van der Waals surface area (Å²) in [5.41, 5.74) is 1.58. The van der Waals surface area contributed by atoms with E-state index in [1.165, 1.54) is 0 Å². The van der Waals surface area contributed by atoms with Gasteiger partial charge in [0.2, 0.25) is 5.91 Å². The zero-order valence-electron chi connectivity index (χ0n) is 15.8. The number of carbonyl (C=O) groups is 4. The number of ether oxygens (including phenoxy) is 1. The zero-order valence-corrected chi connectivity index (χ0v) is 15.8. The topological polar surface area (TPSA) is 99.3 Å². The molecule has 9 heteroatoms. The summed E-state index contributed by atoms with van der Waals surface area (Å²) in [6.07, 6.45) is 1.40. The molecule has 2 saturated heterocycles. The molecule has 150 valence electrons. The summed E-state index contributed by atoms with van der Waals surface area (Å²) >= 11 is 0. The van der Waals surface area contributed by atoms with Crippen molar-refractivity contribution < 1.29 is 23.9 Å². The van der Waals surface area contributed by atoms with Crippen molar-refractivity contribution in [1.82, 2.24) is 9.80 Å². The molecule has 0 radical (unpaired) electrons. The van der Waals surface area contributed by atoms with Crippen LogP contribution in [0.1, 0.15) is 19.8 Å². The molecule has 5 amide bonds. The smallest absolute Gasteiger partial charge is 0.334 e. The Hall–Kier alpha value is -2.94. The van der Waals surface area contributed by atoms with Crippen LogP contribution in [-0.2, 0) is 19.1 Å². The van der Waals surface area contributed by atoms with Gasteiger partial charge in [-0.15, -0.1) is 0 Å². The number of benzene rings is 1. The number of anilines is 2. The van der Waals surface area contributed by atoms with E-state index in [9.17, 15) is 19.2 Å². The van der Waals surface area contributed by atoms with Gasteiger partial charge in [0.05, 0.1) is 13.2 Å². The lowest BCUT2D eigenvalue weighted by atomic mass is 10.2. The van der Waals surface area contributed by atoms with Crippen molar-refractivity contribution in [1.29, 1.82) is 0 Å². The van der Waals surface area contributed by atoms with E-state index in [1.54, 1.807) is 12.1 Å². The van der Waals surface area contributed by atoms with E-state index in [0.717, 1.165) is 30.1 Å². The Bertz CT molecular complexity index is 758. The van der Waals surface area contributed by atoms with E-state index in [2.05, 4.69) is 10.2 Å². The van der Waals surface area contributed by atoms with Crippen LogP contribution < -0.4 is 10.2 Å². The molecule has 0 aliphatic carbocycles. The molecule has 0 bridgehead atoms. The molecular formula is C19H24N4O5. The highest BCUT2D eigenvalue weighted by atomic mass is 16.5. The van der Waals surface area contributed by atoms with Gasteiger partial charge in [0, 0.05) is 31.0 Å². The summed E-state index contributed by atoms with van der Waals surface area (Å²) in [7, 11) is 0. The van der Waals surface area contributed by atoms with Gasteiger partial charge in [-0.05, 0) is 30.7 Å². The summed E-state index contributed by atoms with van der Waals surface area (Å²) in [6.45, 7) is 4.61. The minimum absolute atomic E-state index is 0.182. The first-order valence-corrected chi connectivity index (χ1v) is 9.41. The average molecular weight is 388 g/mol. The molecule has 1 aromatic carbocycles. The number of hydrogen-bond acceptors (Lipinski definition) is 6. The molecule has 28 heavy (non-hydrogen) atoms. The summed E-state index contributed by atoms with van der Waals surface area (Å²) in [4.78, 5) is 52.2. The van der Waals surface area contributed by atoms with Gasteiger partial charge in [-0.25, -0.2) is 9.69 Å². The van der Waals surface area contributed by atoms with Crippen LogP contribution in [0.3, 0.4) is 0 Å². The summed E-state index contributed by atoms with van der Waals surface area (Å²) in [5, 5.41) is 2.65. The van der Waals surface area contributed by atoms with E-state index in [0.29, 0.717) is 30.2 Å². The van der Waals surface area contributed by atoms with E-state index in [1.807, 2.05) is 19.1 Å². The number of amides is 5. The molecule has 0 aromatic heterocycles. The highest BCUT2D eigenvalue weighted by Gasteiger charge is 2.44. The quantitative estimate of drug-likeness (QED) is 0.554. The molecule has 0 saturated carbocycles. The van der Waals surface area contributed by atoms with E-state index in [-0.39, 0.29) is 6.54 Å². The molecule has 2 aliphatic heterocycles. The predicted molar refractivity (Wildman–Crippen MR) is 102 cm³/mol. The predicted octanol–water partition coefficient (Wildman–Crippen LogP) is 1.05. The number of unbranched alkanes of at least 4 members (excludes halogenated alkanes) is 1. The fourth-order valence-corrected chi connectivity index (χ4v) is 3.12. The summed E-state index contributed by atoms with van der Waals surface area (Å²) < 4.78 is 5.33. The molecule has 0 atom stereocenters. The first kappa shape index (κ1) is 19.8. The molecule has 0 unspecified atom stereocenters. The van der Waals surface area contributed by atoms with Crippen molar-refractivity contribution in [2.75, 3.05) is 49.6 Å². The van der Waals surface area contributed by atoms with Crippen molar-refractivity contribution >= 4 is 35.1 Å². The fourth-order valence-electron chi connectivity index (χ4n) is 3.12. The minimum Gasteiger partial charge on any atom is -0.378 e. The third-order valence-corrected chi connectivity index (χ3v) is 4.70. The largest absolute Gasteiger partial charge is 0.378 e. The Morgan fingerprint density at radius 3 is 2.32 bits per heavy atom. The lowest BCUT2D eigenvalue weighted by Crippen LogP contribution is -2.39. The maximum atomic E-state index is 12.3. The van der Waals surface area contributed by atoms with Crippen LogP contribution in [0.25, 0.3) is 0 Å². The Morgan fingerprint density at radius 1 is 1.04 bits per heavy atom. The Morgan fingerprint density at radius 2 is 1.68 bits per heavy atom. The summed E-state index contributed by atoms with van der Waals surface area (Å²) in [6, 6.07) is 6.57. The van der Waals surface area contributed by atoms with Crippen molar-refractivity contribution in [2.45, 2.75) is 19.8 Å². The second-order valence-corrected chi connectivity index (χ2v) is 6.68. The first-order chi connectivity index (χ1) is 13.5. The van der Waals surface area contributed by atoms with Gasteiger partial charge < -0.3 is 15.0 Å². The number of imide groups is 2. The highest BCUT2D eigenvalue weighted by Crippen LogP contribution is 2.19. The van der Waals surface area contributed by atoms with Crippen molar-refractivity contribution in [3.8, 4) is 0 Å². The van der Waals surface area contributed by atoms with Gasteiger partial charge in [-0.1, -0.05) is 13.3 Å². The van der Waals surface area contributed by atoms with E-state index < -0.39 is 30.3 Å². The summed E-state index contributed by atoms with van der Waals surface area (Å²) in [5.74, 6) is -2.37. The van der Waals surface area contributed by atoms with Gasteiger partial charge in [0.25, 0.3) is 0 Å². The van der Waals surface area contributed by atoms with Crippen LogP contribution in [0, 0.1) is 0 Å². The normalized spacial score (nSPS) is 17.5. The number of carbonyl (C=O) groups excluding carboxylic acids is 4. The monoisotopic (exact) mass is 388 g/mol. The number of urea groups is 1. The van der Waals surface area contributed by atoms with E-state index in [4.69, 9.17) is 4.74 Å². The first-order valence-electron chi connectivity index (χ1n) is 9.41. The number of nitrogens with zero attached hydrogens (tertiary/aromatic N) is 3. The Balaban J connectivity index is 1.57. The Kier molecular flexibility index (Phi) is 6.25. The maximum Gasteiger partial charge on any atom is 0.334 e. The molecule has 2 aliphatic rings. The molecule has 3 rings (SSSR count). The molecule has 1 aromatic rings. The Labute approximate surface area is 163 Å². The van der Waals surface area contributed by atoms with Gasteiger partial charge in [0.15, 0.2) is 0 Å². The number of rotatable bonds is 7.